The fraction of sp³-hybridized carbons (Fsp3) is 0.231. The molecule has 0 aliphatic carbocycles. The quantitative estimate of drug-likeness (QED) is 0.833. The van der Waals surface area contributed by atoms with Gasteiger partial charge in [-0.3, -0.25) is 4.79 Å². The molecule has 2 rings (SSSR count). The number of rotatable bonds is 5. The molecule has 1 unspecified atom stereocenters. The molecule has 5 nitrogen and oxygen atoms in total. The van der Waals surface area contributed by atoms with Crippen molar-refractivity contribution in [3.63, 3.8) is 0 Å². The zero-order chi connectivity index (χ0) is 12.8. The van der Waals surface area contributed by atoms with Crippen molar-refractivity contribution in [3.8, 4) is 0 Å². The number of nitrogens with one attached hydrogen (secondary N) is 1. The molecule has 1 heterocycles. The lowest BCUT2D eigenvalue weighted by atomic mass is 10.0. The summed E-state index contributed by atoms with van der Waals surface area (Å²) in [5.74, 6) is -0.102. The highest BCUT2D eigenvalue weighted by atomic mass is 16.5. The highest BCUT2D eigenvalue weighted by molar-refractivity contribution is 5.76. The Hall–Kier alpha value is -2.14. The van der Waals surface area contributed by atoms with Crippen LogP contribution in [0.4, 0.5) is 0 Å². The van der Waals surface area contributed by atoms with Gasteiger partial charge in [-0.05, 0) is 5.56 Å². The molecule has 1 atom stereocenters. The number of hydrogen-bond acceptors (Lipinski definition) is 4. The molecular weight excluding hydrogens is 230 g/mol. The van der Waals surface area contributed by atoms with Crippen LogP contribution in [0.1, 0.15) is 23.7 Å². The predicted molar refractivity (Wildman–Crippen MR) is 66.3 cm³/mol. The molecule has 0 aliphatic rings. The molecule has 2 aromatic rings. The SMILES string of the molecule is NC(CC(=O)NCc1ccon1)c1ccccc1. The number of nitrogens with two attached hydrogens (primary N) is 1. The monoisotopic (exact) mass is 245 g/mol. The predicted octanol–water partition coefficient (Wildman–Crippen LogP) is 1.38. The maximum absolute atomic E-state index is 11.7. The molecule has 0 spiro atoms. The van der Waals surface area contributed by atoms with Gasteiger partial charge in [0.25, 0.3) is 0 Å². The molecule has 0 bridgehead atoms. The second kappa shape index (κ2) is 5.97. The Morgan fingerprint density at radius 3 is 2.78 bits per heavy atom. The molecule has 5 heteroatoms. The Labute approximate surface area is 105 Å². The third-order valence-corrected chi connectivity index (χ3v) is 2.59. The Kier molecular flexibility index (Phi) is 4.09. The van der Waals surface area contributed by atoms with Crippen LogP contribution in [0.3, 0.4) is 0 Å². The number of carbonyl (C=O) groups excluding carboxylic acids is 1. The average Bonchev–Trinajstić information content (AvgIpc) is 2.90. The number of benzene rings is 1. The second-order valence-electron chi connectivity index (χ2n) is 3.99. The molecule has 18 heavy (non-hydrogen) atoms. The Balaban J connectivity index is 1.80. The first kappa shape index (κ1) is 12.3. The summed E-state index contributed by atoms with van der Waals surface area (Å²) < 4.78 is 4.67. The van der Waals surface area contributed by atoms with Crippen LogP contribution in [0.25, 0.3) is 0 Å². The number of aromatic nitrogens is 1. The normalized spacial score (nSPS) is 12.1. The Morgan fingerprint density at radius 1 is 1.33 bits per heavy atom. The van der Waals surface area contributed by atoms with E-state index in [1.165, 1.54) is 6.26 Å². The van der Waals surface area contributed by atoms with Crippen molar-refractivity contribution in [2.75, 3.05) is 0 Å². The van der Waals surface area contributed by atoms with Crippen LogP contribution in [0.2, 0.25) is 0 Å². The summed E-state index contributed by atoms with van der Waals surface area (Å²) in [6, 6.07) is 11.0. The van der Waals surface area contributed by atoms with Gasteiger partial charge in [0, 0.05) is 18.5 Å². The zero-order valence-electron chi connectivity index (χ0n) is 9.87. The maximum atomic E-state index is 11.7. The first-order valence-corrected chi connectivity index (χ1v) is 5.72. The van der Waals surface area contributed by atoms with Crippen LogP contribution in [0, 0.1) is 0 Å². The van der Waals surface area contributed by atoms with Crippen LogP contribution in [-0.2, 0) is 11.3 Å². The first-order chi connectivity index (χ1) is 8.75. The highest BCUT2D eigenvalue weighted by Gasteiger charge is 2.11. The van der Waals surface area contributed by atoms with Gasteiger partial charge < -0.3 is 15.6 Å². The summed E-state index contributed by atoms with van der Waals surface area (Å²) in [5, 5.41) is 6.45. The minimum Gasteiger partial charge on any atom is -0.364 e. The molecule has 0 aliphatic heterocycles. The number of nitrogens with zero attached hydrogens (tertiary/aromatic N) is 1. The van der Waals surface area contributed by atoms with Gasteiger partial charge >= 0.3 is 0 Å². The van der Waals surface area contributed by atoms with Gasteiger partial charge in [0.05, 0.1) is 6.54 Å². The van der Waals surface area contributed by atoms with Gasteiger partial charge in [0.2, 0.25) is 5.91 Å². The Morgan fingerprint density at radius 2 is 2.11 bits per heavy atom. The van der Waals surface area contributed by atoms with Crippen molar-refractivity contribution in [2.45, 2.75) is 19.0 Å². The van der Waals surface area contributed by atoms with Crippen LogP contribution >= 0.6 is 0 Å². The van der Waals surface area contributed by atoms with Crippen molar-refractivity contribution in [1.82, 2.24) is 10.5 Å². The molecular formula is C13H15N3O2. The largest absolute Gasteiger partial charge is 0.364 e. The number of hydrogen-bond donors (Lipinski definition) is 2. The Bertz CT molecular complexity index is 482. The lowest BCUT2D eigenvalue weighted by molar-refractivity contribution is -0.121. The van der Waals surface area contributed by atoms with Crippen molar-refractivity contribution in [3.05, 3.63) is 53.9 Å². The van der Waals surface area contributed by atoms with E-state index in [9.17, 15) is 4.79 Å². The third kappa shape index (κ3) is 3.43. The van der Waals surface area contributed by atoms with E-state index in [0.29, 0.717) is 12.2 Å². The second-order valence-corrected chi connectivity index (χ2v) is 3.99. The summed E-state index contributed by atoms with van der Waals surface area (Å²) in [6.45, 7) is 0.358. The van der Waals surface area contributed by atoms with Crippen molar-refractivity contribution < 1.29 is 9.32 Å². The van der Waals surface area contributed by atoms with Gasteiger partial charge in [-0.15, -0.1) is 0 Å². The number of carbonyl (C=O) groups is 1. The van der Waals surface area contributed by atoms with Crippen molar-refractivity contribution >= 4 is 5.91 Å². The van der Waals surface area contributed by atoms with Crippen molar-refractivity contribution in [1.29, 1.82) is 0 Å². The highest BCUT2D eigenvalue weighted by Crippen LogP contribution is 2.12. The minimum atomic E-state index is -0.288. The van der Waals surface area contributed by atoms with E-state index >= 15 is 0 Å². The smallest absolute Gasteiger partial charge is 0.222 e. The summed E-state index contributed by atoms with van der Waals surface area (Å²) in [7, 11) is 0. The fourth-order valence-electron chi connectivity index (χ4n) is 1.61. The topological polar surface area (TPSA) is 81.2 Å². The van der Waals surface area contributed by atoms with E-state index in [2.05, 4.69) is 15.0 Å². The first-order valence-electron chi connectivity index (χ1n) is 5.72. The molecule has 1 aromatic heterocycles. The number of amides is 1. The van der Waals surface area contributed by atoms with E-state index in [-0.39, 0.29) is 18.4 Å². The molecule has 94 valence electrons. The summed E-state index contributed by atoms with van der Waals surface area (Å²) in [6.07, 6.45) is 1.72. The molecule has 0 saturated carbocycles. The summed E-state index contributed by atoms with van der Waals surface area (Å²) in [4.78, 5) is 11.7. The third-order valence-electron chi connectivity index (χ3n) is 2.59. The van der Waals surface area contributed by atoms with E-state index in [4.69, 9.17) is 5.73 Å². The molecule has 0 fully saturated rings. The van der Waals surface area contributed by atoms with E-state index in [0.717, 1.165) is 5.56 Å². The zero-order valence-corrected chi connectivity index (χ0v) is 9.87. The molecule has 1 amide bonds. The lowest BCUT2D eigenvalue weighted by Gasteiger charge is -2.11. The molecule has 0 saturated heterocycles. The van der Waals surface area contributed by atoms with Gasteiger partial charge in [0.15, 0.2) is 0 Å². The fourth-order valence-corrected chi connectivity index (χ4v) is 1.61. The average molecular weight is 245 g/mol. The molecule has 1 aromatic carbocycles. The van der Waals surface area contributed by atoms with Gasteiger partial charge in [0.1, 0.15) is 12.0 Å². The maximum Gasteiger partial charge on any atom is 0.222 e. The van der Waals surface area contributed by atoms with E-state index in [1.54, 1.807) is 6.07 Å². The van der Waals surface area contributed by atoms with Gasteiger partial charge in [-0.2, -0.15) is 0 Å². The van der Waals surface area contributed by atoms with Crippen LogP contribution in [0.5, 0.6) is 0 Å². The standard InChI is InChI=1S/C13H15N3O2/c14-12(10-4-2-1-3-5-10)8-13(17)15-9-11-6-7-18-16-11/h1-7,12H,8-9,14H2,(H,15,17). The summed E-state index contributed by atoms with van der Waals surface area (Å²) >= 11 is 0. The van der Waals surface area contributed by atoms with Crippen LogP contribution in [-0.4, -0.2) is 11.1 Å². The van der Waals surface area contributed by atoms with E-state index < -0.39 is 0 Å². The van der Waals surface area contributed by atoms with Gasteiger partial charge in [-0.25, -0.2) is 0 Å². The molecule has 0 radical (unpaired) electrons. The van der Waals surface area contributed by atoms with Crippen molar-refractivity contribution in [2.24, 2.45) is 5.73 Å². The molecule has 3 N–H and O–H groups in total. The van der Waals surface area contributed by atoms with E-state index in [1.807, 2.05) is 30.3 Å². The summed E-state index contributed by atoms with van der Waals surface area (Å²) in [5.41, 5.74) is 7.59. The van der Waals surface area contributed by atoms with Crippen LogP contribution < -0.4 is 11.1 Å². The minimum absolute atomic E-state index is 0.102. The van der Waals surface area contributed by atoms with Crippen LogP contribution in [0.15, 0.2) is 47.2 Å². The van der Waals surface area contributed by atoms with Gasteiger partial charge in [-0.1, -0.05) is 35.5 Å². The lowest BCUT2D eigenvalue weighted by Crippen LogP contribution is -2.27.